The van der Waals surface area contributed by atoms with Crippen LogP contribution < -0.4 is 11.5 Å². The van der Waals surface area contributed by atoms with Crippen LogP contribution in [0.5, 0.6) is 0 Å². The summed E-state index contributed by atoms with van der Waals surface area (Å²) < 4.78 is 4.53. The highest BCUT2D eigenvalue weighted by Gasteiger charge is 2.56. The van der Waals surface area contributed by atoms with Gasteiger partial charge in [0.25, 0.3) is 0 Å². The van der Waals surface area contributed by atoms with Crippen molar-refractivity contribution in [1.29, 1.82) is 0 Å². The zero-order chi connectivity index (χ0) is 11.1. The first kappa shape index (κ1) is 13.3. The van der Waals surface area contributed by atoms with Gasteiger partial charge >= 0.3 is 5.76 Å². The summed E-state index contributed by atoms with van der Waals surface area (Å²) in [4.78, 5) is 13.5. The van der Waals surface area contributed by atoms with E-state index in [0.717, 1.165) is 12.8 Å². The molecule has 16 heavy (non-hydrogen) atoms. The van der Waals surface area contributed by atoms with E-state index in [1.54, 1.807) is 0 Å². The number of H-pyrrole nitrogens is 1. The third-order valence-electron chi connectivity index (χ3n) is 3.26. The molecule has 1 fully saturated rings. The molecule has 1 aliphatic rings. The molecule has 0 radical (unpaired) electrons. The standard InChI is InChI=1S/C10H17N3O2.ClH/c1-6(2)3-7-4-10(7,5-11)8-12-9(14)15-13-8;/h6-7H,3-5,11H2,1-2H3,(H,12,13,14);1H. The normalized spacial score (nSPS) is 27.9. The topological polar surface area (TPSA) is 84.9 Å². The van der Waals surface area contributed by atoms with Crippen molar-refractivity contribution in [1.82, 2.24) is 10.1 Å². The molecule has 0 spiro atoms. The summed E-state index contributed by atoms with van der Waals surface area (Å²) in [5, 5.41) is 3.76. The smallest absolute Gasteiger partial charge is 0.329 e. The van der Waals surface area contributed by atoms with Gasteiger partial charge in [0, 0.05) is 12.0 Å². The quantitative estimate of drug-likeness (QED) is 0.833. The third-order valence-corrected chi connectivity index (χ3v) is 3.26. The van der Waals surface area contributed by atoms with Crippen LogP contribution in [0.1, 0.15) is 32.5 Å². The molecule has 6 heteroatoms. The lowest BCUT2D eigenvalue weighted by Crippen LogP contribution is -2.25. The Bertz CT molecular complexity index is 401. The fraction of sp³-hybridized carbons (Fsp3) is 0.800. The van der Waals surface area contributed by atoms with E-state index in [4.69, 9.17) is 5.73 Å². The predicted molar refractivity (Wildman–Crippen MR) is 62.7 cm³/mol. The Morgan fingerprint density at radius 3 is 2.81 bits per heavy atom. The van der Waals surface area contributed by atoms with Crippen molar-refractivity contribution in [2.24, 2.45) is 17.6 Å². The molecule has 0 amide bonds. The Morgan fingerprint density at radius 2 is 2.38 bits per heavy atom. The molecule has 0 aromatic carbocycles. The fourth-order valence-electron chi connectivity index (χ4n) is 2.34. The molecule has 1 aromatic rings. The van der Waals surface area contributed by atoms with Gasteiger partial charge in [-0.2, -0.15) is 0 Å². The lowest BCUT2D eigenvalue weighted by molar-refractivity contribution is 0.371. The molecule has 1 aromatic heterocycles. The number of halogens is 1. The Balaban J connectivity index is 0.00000128. The van der Waals surface area contributed by atoms with E-state index in [1.807, 2.05) is 0 Å². The van der Waals surface area contributed by atoms with Crippen LogP contribution in [0.2, 0.25) is 0 Å². The van der Waals surface area contributed by atoms with Crippen molar-refractivity contribution < 1.29 is 4.52 Å². The number of nitrogens with one attached hydrogen (secondary N) is 1. The fourth-order valence-corrected chi connectivity index (χ4v) is 2.34. The van der Waals surface area contributed by atoms with Crippen LogP contribution in [0.25, 0.3) is 0 Å². The van der Waals surface area contributed by atoms with Crippen molar-refractivity contribution in [3.8, 4) is 0 Å². The summed E-state index contributed by atoms with van der Waals surface area (Å²) in [6, 6.07) is 0. The van der Waals surface area contributed by atoms with E-state index in [2.05, 4.69) is 28.5 Å². The van der Waals surface area contributed by atoms with Gasteiger partial charge in [-0.15, -0.1) is 12.4 Å². The van der Waals surface area contributed by atoms with Crippen molar-refractivity contribution in [2.75, 3.05) is 6.54 Å². The van der Waals surface area contributed by atoms with Gasteiger partial charge < -0.3 is 5.73 Å². The molecule has 2 unspecified atom stereocenters. The van der Waals surface area contributed by atoms with Crippen LogP contribution in [0.4, 0.5) is 0 Å². The lowest BCUT2D eigenvalue weighted by Gasteiger charge is -2.11. The molecule has 92 valence electrons. The molecule has 3 N–H and O–H groups in total. The van der Waals surface area contributed by atoms with Gasteiger partial charge in [-0.05, 0) is 24.7 Å². The number of hydrogen-bond donors (Lipinski definition) is 2. The van der Waals surface area contributed by atoms with E-state index in [0.29, 0.717) is 24.2 Å². The summed E-state index contributed by atoms with van der Waals surface area (Å²) in [7, 11) is 0. The number of aromatic nitrogens is 2. The number of aromatic amines is 1. The van der Waals surface area contributed by atoms with E-state index >= 15 is 0 Å². The number of nitrogens with two attached hydrogens (primary N) is 1. The van der Waals surface area contributed by atoms with Crippen molar-refractivity contribution >= 4 is 12.4 Å². The van der Waals surface area contributed by atoms with Gasteiger partial charge in [0.1, 0.15) is 0 Å². The highest BCUT2D eigenvalue weighted by atomic mass is 35.5. The Kier molecular flexibility index (Phi) is 3.80. The maximum absolute atomic E-state index is 10.9. The minimum Gasteiger partial charge on any atom is -0.329 e. The lowest BCUT2D eigenvalue weighted by atomic mass is 9.97. The van der Waals surface area contributed by atoms with E-state index < -0.39 is 5.76 Å². The second-order valence-electron chi connectivity index (χ2n) is 4.83. The predicted octanol–water partition coefficient (Wildman–Crippen LogP) is 1.05. The van der Waals surface area contributed by atoms with Gasteiger partial charge in [0.15, 0.2) is 5.82 Å². The minimum atomic E-state index is -0.493. The SMILES string of the molecule is CC(C)CC1CC1(CN)c1noc(=O)[nH]1.Cl. The maximum atomic E-state index is 10.9. The molecule has 0 bridgehead atoms. The number of nitrogens with zero attached hydrogens (tertiary/aromatic N) is 1. The summed E-state index contributed by atoms with van der Waals surface area (Å²) >= 11 is 0. The largest absolute Gasteiger partial charge is 0.438 e. The molecule has 0 saturated heterocycles. The second kappa shape index (κ2) is 4.59. The van der Waals surface area contributed by atoms with Crippen molar-refractivity contribution in [3.63, 3.8) is 0 Å². The van der Waals surface area contributed by atoms with Crippen molar-refractivity contribution in [2.45, 2.75) is 32.1 Å². The summed E-state index contributed by atoms with van der Waals surface area (Å²) in [5.74, 6) is 1.30. The van der Waals surface area contributed by atoms with Crippen LogP contribution in [0.15, 0.2) is 9.32 Å². The van der Waals surface area contributed by atoms with Crippen LogP contribution in [0.3, 0.4) is 0 Å². The molecule has 1 aliphatic carbocycles. The van der Waals surface area contributed by atoms with Gasteiger partial charge in [-0.3, -0.25) is 9.51 Å². The van der Waals surface area contributed by atoms with Crippen molar-refractivity contribution in [3.05, 3.63) is 16.4 Å². The molecule has 2 rings (SSSR count). The average Bonchev–Trinajstić information content (AvgIpc) is 2.68. The first-order chi connectivity index (χ1) is 7.08. The van der Waals surface area contributed by atoms with Gasteiger partial charge in [-0.25, -0.2) is 4.79 Å². The molecule has 0 aliphatic heterocycles. The molecular weight excluding hydrogens is 230 g/mol. The van der Waals surface area contributed by atoms with E-state index in [-0.39, 0.29) is 17.8 Å². The zero-order valence-corrected chi connectivity index (χ0v) is 10.3. The summed E-state index contributed by atoms with van der Waals surface area (Å²) in [6.45, 7) is 4.89. The zero-order valence-electron chi connectivity index (χ0n) is 9.53. The Hall–Kier alpha value is -0.810. The molecule has 1 heterocycles. The number of rotatable bonds is 4. The first-order valence-electron chi connectivity index (χ1n) is 5.35. The first-order valence-corrected chi connectivity index (χ1v) is 5.35. The summed E-state index contributed by atoms with van der Waals surface area (Å²) in [5.41, 5.74) is 5.64. The van der Waals surface area contributed by atoms with Crippen LogP contribution in [-0.2, 0) is 5.41 Å². The van der Waals surface area contributed by atoms with Crippen LogP contribution in [-0.4, -0.2) is 16.7 Å². The Morgan fingerprint density at radius 1 is 1.69 bits per heavy atom. The van der Waals surface area contributed by atoms with Gasteiger partial charge in [-0.1, -0.05) is 19.0 Å². The minimum absolute atomic E-state index is 0. The second-order valence-corrected chi connectivity index (χ2v) is 4.83. The van der Waals surface area contributed by atoms with Gasteiger partial charge in [0.2, 0.25) is 0 Å². The molecule has 1 saturated carbocycles. The number of hydrogen-bond acceptors (Lipinski definition) is 4. The highest BCUT2D eigenvalue weighted by Crippen LogP contribution is 2.54. The Labute approximate surface area is 100 Å². The van der Waals surface area contributed by atoms with Gasteiger partial charge in [0.05, 0.1) is 0 Å². The van der Waals surface area contributed by atoms with E-state index in [9.17, 15) is 4.79 Å². The summed E-state index contributed by atoms with van der Waals surface area (Å²) in [6.07, 6.45) is 2.12. The van der Waals surface area contributed by atoms with E-state index in [1.165, 1.54) is 0 Å². The van der Waals surface area contributed by atoms with Crippen LogP contribution in [0, 0.1) is 11.8 Å². The van der Waals surface area contributed by atoms with Crippen LogP contribution >= 0.6 is 12.4 Å². The molecule has 5 nitrogen and oxygen atoms in total. The maximum Gasteiger partial charge on any atom is 0.438 e. The molecule has 2 atom stereocenters. The highest BCUT2D eigenvalue weighted by molar-refractivity contribution is 5.85. The monoisotopic (exact) mass is 247 g/mol. The third kappa shape index (κ3) is 2.15. The molecular formula is C10H18ClN3O2. The average molecular weight is 248 g/mol.